The van der Waals surface area contributed by atoms with Gasteiger partial charge in [-0.3, -0.25) is 0 Å². The lowest BCUT2D eigenvalue weighted by molar-refractivity contribution is -0.139. The summed E-state index contributed by atoms with van der Waals surface area (Å²) in [6, 6.07) is 11.5. The van der Waals surface area contributed by atoms with Gasteiger partial charge < -0.3 is 24.3 Å². The molecule has 0 saturated heterocycles. The van der Waals surface area contributed by atoms with Gasteiger partial charge in [0.1, 0.15) is 18.5 Å². The van der Waals surface area contributed by atoms with Gasteiger partial charge in [0.15, 0.2) is 8.32 Å². The third-order valence-corrected chi connectivity index (χ3v) is 11.3. The highest BCUT2D eigenvalue weighted by Gasteiger charge is 2.40. The molecule has 2 aromatic rings. The van der Waals surface area contributed by atoms with Gasteiger partial charge in [0.2, 0.25) is 0 Å². The molecule has 3 rings (SSSR count). The van der Waals surface area contributed by atoms with E-state index < -0.39 is 38.3 Å². The topological polar surface area (TPSA) is 77.0 Å². The Hall–Kier alpha value is -2.56. The van der Waals surface area contributed by atoms with Crippen LogP contribution in [-0.4, -0.2) is 38.3 Å². The standard InChI is InChI=1S/C27H36F3NO5Si/c1-26(2,3)37(4,5)35-17-22(31-25(33)34-16-18-9-7-6-8-10-18)24(32)19-11-14-23(36-20-12-13-20)21(15-19)27(28,29)30/h6-11,14-15,20,22,24,32H,12-13,16-17H2,1-5H3,(H,31,33)/t22-,24?/m1/s1. The average Bonchev–Trinajstić information content (AvgIpc) is 3.63. The molecule has 1 unspecified atom stereocenters. The molecular weight excluding hydrogens is 503 g/mol. The molecule has 1 aliphatic rings. The van der Waals surface area contributed by atoms with Crippen molar-refractivity contribution < 1.29 is 37.0 Å². The molecule has 0 aliphatic heterocycles. The number of alkyl carbamates (subject to hydrolysis) is 1. The van der Waals surface area contributed by atoms with Crippen molar-refractivity contribution in [3.05, 3.63) is 65.2 Å². The van der Waals surface area contributed by atoms with Crippen molar-refractivity contribution >= 4 is 14.4 Å². The number of aliphatic hydroxyl groups excluding tert-OH is 1. The summed E-state index contributed by atoms with van der Waals surface area (Å²) in [5.74, 6) is -0.268. The fourth-order valence-corrected chi connectivity index (χ4v) is 4.33. The Balaban J connectivity index is 1.81. The van der Waals surface area contributed by atoms with Crippen LogP contribution in [-0.2, 0) is 21.9 Å². The van der Waals surface area contributed by atoms with E-state index >= 15 is 0 Å². The maximum Gasteiger partial charge on any atom is 0.419 e. The zero-order valence-corrected chi connectivity index (χ0v) is 22.9. The van der Waals surface area contributed by atoms with Crippen molar-refractivity contribution in [1.82, 2.24) is 5.32 Å². The van der Waals surface area contributed by atoms with Gasteiger partial charge in [0.25, 0.3) is 0 Å². The van der Waals surface area contributed by atoms with E-state index in [2.05, 4.69) is 5.32 Å². The molecule has 0 aromatic heterocycles. The summed E-state index contributed by atoms with van der Waals surface area (Å²) in [5.41, 5.74) is -0.206. The van der Waals surface area contributed by atoms with Gasteiger partial charge in [0, 0.05) is 0 Å². The fourth-order valence-electron chi connectivity index (χ4n) is 3.30. The van der Waals surface area contributed by atoms with Gasteiger partial charge >= 0.3 is 12.3 Å². The molecule has 2 N–H and O–H groups in total. The largest absolute Gasteiger partial charge is 0.490 e. The predicted octanol–water partition coefficient (Wildman–Crippen LogP) is 6.60. The molecule has 204 valence electrons. The summed E-state index contributed by atoms with van der Waals surface area (Å²) in [6.07, 6.45) is -5.76. The molecule has 0 heterocycles. The molecule has 1 fully saturated rings. The first-order chi connectivity index (χ1) is 17.2. The van der Waals surface area contributed by atoms with Crippen LogP contribution >= 0.6 is 0 Å². The second-order valence-electron chi connectivity index (χ2n) is 10.9. The summed E-state index contributed by atoms with van der Waals surface area (Å²) in [7, 11) is -2.30. The second-order valence-corrected chi connectivity index (χ2v) is 15.7. The number of halogens is 3. The van der Waals surface area contributed by atoms with E-state index in [0.29, 0.717) is 12.8 Å². The Morgan fingerprint density at radius 2 is 1.76 bits per heavy atom. The van der Waals surface area contributed by atoms with Crippen LogP contribution in [0.1, 0.15) is 56.4 Å². The SMILES string of the molecule is CC(C)(C)[Si](C)(C)OC[C@@H](NC(=O)OCc1ccccc1)C(O)c1ccc(OC2CC2)c(C(F)(F)F)c1. The molecule has 1 saturated carbocycles. The monoisotopic (exact) mass is 539 g/mol. The highest BCUT2D eigenvalue weighted by molar-refractivity contribution is 6.74. The first kappa shape index (κ1) is 29.0. The minimum atomic E-state index is -4.67. The lowest BCUT2D eigenvalue weighted by Crippen LogP contribution is -2.48. The Labute approximate surface area is 217 Å². The van der Waals surface area contributed by atoms with Crippen molar-refractivity contribution in [3.63, 3.8) is 0 Å². The minimum Gasteiger partial charge on any atom is -0.490 e. The van der Waals surface area contributed by atoms with E-state index in [4.69, 9.17) is 13.9 Å². The number of carbonyl (C=O) groups excluding carboxylic acids is 1. The minimum absolute atomic E-state index is 0.00397. The van der Waals surface area contributed by atoms with Gasteiger partial charge in [-0.2, -0.15) is 13.2 Å². The van der Waals surface area contributed by atoms with Gasteiger partial charge in [0.05, 0.1) is 24.3 Å². The fraction of sp³-hybridized carbons (Fsp3) is 0.519. The number of alkyl halides is 3. The molecule has 2 aromatic carbocycles. The number of nitrogens with one attached hydrogen (secondary N) is 1. The smallest absolute Gasteiger partial charge is 0.419 e. The van der Waals surface area contributed by atoms with Crippen LogP contribution < -0.4 is 10.1 Å². The summed E-state index contributed by atoms with van der Waals surface area (Å²) < 4.78 is 58.3. The third kappa shape index (κ3) is 8.21. The van der Waals surface area contributed by atoms with E-state index in [-0.39, 0.29) is 35.7 Å². The summed E-state index contributed by atoms with van der Waals surface area (Å²) in [4.78, 5) is 12.6. The van der Waals surface area contributed by atoms with E-state index in [0.717, 1.165) is 11.6 Å². The first-order valence-electron chi connectivity index (χ1n) is 12.3. The highest BCUT2D eigenvalue weighted by Crippen LogP contribution is 2.41. The van der Waals surface area contributed by atoms with Gasteiger partial charge in [-0.05, 0) is 54.2 Å². The van der Waals surface area contributed by atoms with Crippen LogP contribution in [0.4, 0.5) is 18.0 Å². The number of ether oxygens (including phenoxy) is 2. The maximum atomic E-state index is 13.8. The Morgan fingerprint density at radius 1 is 1.11 bits per heavy atom. The molecule has 0 spiro atoms. The van der Waals surface area contributed by atoms with Crippen LogP contribution in [0.3, 0.4) is 0 Å². The van der Waals surface area contributed by atoms with Crippen LogP contribution in [0.15, 0.2) is 48.5 Å². The number of benzene rings is 2. The van der Waals surface area contributed by atoms with Crippen LogP contribution in [0.25, 0.3) is 0 Å². The number of amides is 1. The van der Waals surface area contributed by atoms with Crippen molar-refractivity contribution in [2.24, 2.45) is 0 Å². The Bertz CT molecular complexity index is 1050. The van der Waals surface area contributed by atoms with Crippen molar-refractivity contribution in [2.75, 3.05) is 6.61 Å². The molecule has 10 heteroatoms. The molecule has 0 bridgehead atoms. The normalized spacial score (nSPS) is 16.1. The Kier molecular flexibility index (Phi) is 8.97. The van der Waals surface area contributed by atoms with Crippen molar-refractivity contribution in [1.29, 1.82) is 0 Å². The molecule has 1 amide bonds. The predicted molar refractivity (Wildman–Crippen MR) is 137 cm³/mol. The van der Waals surface area contributed by atoms with Gasteiger partial charge in [-0.15, -0.1) is 0 Å². The lowest BCUT2D eigenvalue weighted by Gasteiger charge is -2.38. The molecule has 1 aliphatic carbocycles. The maximum absolute atomic E-state index is 13.8. The highest BCUT2D eigenvalue weighted by atomic mass is 28.4. The van der Waals surface area contributed by atoms with Crippen molar-refractivity contribution in [2.45, 2.75) is 82.8 Å². The molecule has 2 atom stereocenters. The summed E-state index contributed by atoms with van der Waals surface area (Å²) in [5, 5.41) is 13.6. The third-order valence-electron chi connectivity index (χ3n) is 6.80. The van der Waals surface area contributed by atoms with Crippen LogP contribution in [0.5, 0.6) is 5.75 Å². The summed E-state index contributed by atoms with van der Waals surface area (Å²) in [6.45, 7) is 10.1. The summed E-state index contributed by atoms with van der Waals surface area (Å²) >= 11 is 0. The van der Waals surface area contributed by atoms with Gasteiger partial charge in [-0.1, -0.05) is 57.2 Å². The Morgan fingerprint density at radius 3 is 2.32 bits per heavy atom. The zero-order chi connectivity index (χ0) is 27.4. The molecule has 0 radical (unpaired) electrons. The number of hydrogen-bond acceptors (Lipinski definition) is 5. The van der Waals surface area contributed by atoms with E-state index in [9.17, 15) is 23.1 Å². The molecular formula is C27H36F3NO5Si. The molecule has 6 nitrogen and oxygen atoms in total. The first-order valence-corrected chi connectivity index (χ1v) is 15.3. The number of hydrogen-bond donors (Lipinski definition) is 2. The number of rotatable bonds is 10. The van der Waals surface area contributed by atoms with Crippen molar-refractivity contribution in [3.8, 4) is 5.75 Å². The van der Waals surface area contributed by atoms with Crippen LogP contribution in [0, 0.1) is 0 Å². The van der Waals surface area contributed by atoms with E-state index in [1.807, 2.05) is 52.1 Å². The quantitative estimate of drug-likeness (QED) is 0.333. The molecule has 37 heavy (non-hydrogen) atoms. The lowest BCUT2D eigenvalue weighted by atomic mass is 9.99. The number of aliphatic hydroxyl groups is 1. The van der Waals surface area contributed by atoms with Crippen LogP contribution in [0.2, 0.25) is 18.1 Å². The average molecular weight is 540 g/mol. The number of carbonyl (C=O) groups is 1. The zero-order valence-electron chi connectivity index (χ0n) is 21.9. The van der Waals surface area contributed by atoms with E-state index in [1.165, 1.54) is 12.1 Å². The van der Waals surface area contributed by atoms with E-state index in [1.54, 1.807) is 12.1 Å². The second kappa shape index (κ2) is 11.4. The van der Waals surface area contributed by atoms with Gasteiger partial charge in [-0.25, -0.2) is 4.79 Å².